The third-order valence-corrected chi connectivity index (χ3v) is 6.23. The SMILES string of the molecule is CC1=CC=CC(C2C=c3c(CC(N)=O)cn(CCCCCCCCO)c3=CC2)C1. The van der Waals surface area contributed by atoms with Crippen LogP contribution in [0.2, 0.25) is 0 Å². The number of aryl methyl sites for hydroxylation is 1. The summed E-state index contributed by atoms with van der Waals surface area (Å²) in [7, 11) is 0. The van der Waals surface area contributed by atoms with Crippen LogP contribution in [0.5, 0.6) is 0 Å². The Morgan fingerprint density at radius 1 is 1.17 bits per heavy atom. The molecule has 0 aromatic carbocycles. The average Bonchev–Trinajstić information content (AvgIpc) is 3.03. The summed E-state index contributed by atoms with van der Waals surface area (Å²) in [5.74, 6) is 0.755. The van der Waals surface area contributed by atoms with E-state index in [1.165, 1.54) is 35.4 Å². The lowest BCUT2D eigenvalue weighted by atomic mass is 9.80. The summed E-state index contributed by atoms with van der Waals surface area (Å²) >= 11 is 0. The monoisotopic (exact) mass is 396 g/mol. The van der Waals surface area contributed by atoms with Crippen molar-refractivity contribution in [3.63, 3.8) is 0 Å². The van der Waals surface area contributed by atoms with E-state index in [2.05, 4.69) is 48.1 Å². The molecule has 0 saturated carbocycles. The molecule has 1 aromatic rings. The van der Waals surface area contributed by atoms with Crippen molar-refractivity contribution in [1.29, 1.82) is 0 Å². The van der Waals surface area contributed by atoms with E-state index in [1.807, 2.05) is 0 Å². The predicted molar refractivity (Wildman–Crippen MR) is 119 cm³/mol. The van der Waals surface area contributed by atoms with Crippen LogP contribution in [-0.2, 0) is 17.8 Å². The van der Waals surface area contributed by atoms with Gasteiger partial charge in [0, 0.05) is 24.7 Å². The van der Waals surface area contributed by atoms with E-state index in [1.54, 1.807) is 0 Å². The second-order valence-electron chi connectivity index (χ2n) is 8.67. The molecule has 2 aliphatic carbocycles. The molecule has 0 fully saturated rings. The molecule has 4 nitrogen and oxygen atoms in total. The summed E-state index contributed by atoms with van der Waals surface area (Å²) in [5.41, 5.74) is 8.04. The standard InChI is InChI=1S/C25H36N2O2/c1-19-9-8-10-20(15-19)21-11-12-24-23(16-21)22(17-25(26)29)18-27(24)13-6-4-2-3-5-7-14-28/h8-10,12,16,18,20-21,28H,2-7,11,13-15,17H2,1H3,(H2,26,29). The Bertz CT molecular complexity index is 875. The number of amides is 1. The van der Waals surface area contributed by atoms with E-state index in [0.717, 1.165) is 44.2 Å². The number of aliphatic hydroxyl groups excluding tert-OH is 1. The van der Waals surface area contributed by atoms with Gasteiger partial charge in [0.2, 0.25) is 5.91 Å². The predicted octanol–water partition coefficient (Wildman–Crippen LogP) is 2.95. The Hall–Kier alpha value is -2.07. The largest absolute Gasteiger partial charge is 0.396 e. The first-order valence-corrected chi connectivity index (χ1v) is 11.2. The van der Waals surface area contributed by atoms with Crippen molar-refractivity contribution in [2.45, 2.75) is 71.3 Å². The number of nitrogens with zero attached hydrogens (tertiary/aromatic N) is 1. The van der Waals surface area contributed by atoms with Gasteiger partial charge in [-0.2, -0.15) is 0 Å². The average molecular weight is 397 g/mol. The van der Waals surface area contributed by atoms with E-state index < -0.39 is 0 Å². The molecule has 4 heteroatoms. The first-order chi connectivity index (χ1) is 14.1. The van der Waals surface area contributed by atoms with Gasteiger partial charge in [-0.3, -0.25) is 4.79 Å². The van der Waals surface area contributed by atoms with Gasteiger partial charge in [-0.05, 0) is 55.2 Å². The summed E-state index contributed by atoms with van der Waals surface area (Å²) in [6.45, 7) is 3.49. The van der Waals surface area contributed by atoms with Crippen LogP contribution in [0.3, 0.4) is 0 Å². The second-order valence-corrected chi connectivity index (χ2v) is 8.67. The number of hydrogen-bond donors (Lipinski definition) is 2. The molecule has 0 saturated heterocycles. The summed E-state index contributed by atoms with van der Waals surface area (Å²) in [4.78, 5) is 11.6. The van der Waals surface area contributed by atoms with Crippen LogP contribution in [0.1, 0.15) is 63.9 Å². The summed E-state index contributed by atoms with van der Waals surface area (Å²) in [6.07, 6.45) is 22.9. The maximum atomic E-state index is 11.6. The van der Waals surface area contributed by atoms with Crippen LogP contribution < -0.4 is 16.3 Å². The topological polar surface area (TPSA) is 68.2 Å². The maximum absolute atomic E-state index is 11.6. The van der Waals surface area contributed by atoms with Gasteiger partial charge in [-0.15, -0.1) is 0 Å². The number of aliphatic hydroxyl groups is 1. The van der Waals surface area contributed by atoms with Crippen LogP contribution in [-0.4, -0.2) is 22.2 Å². The first-order valence-electron chi connectivity index (χ1n) is 11.2. The molecule has 2 atom stereocenters. The third-order valence-electron chi connectivity index (χ3n) is 6.23. The molecule has 0 radical (unpaired) electrons. The van der Waals surface area contributed by atoms with Crippen molar-refractivity contribution < 1.29 is 9.90 Å². The molecule has 0 bridgehead atoms. The van der Waals surface area contributed by atoms with E-state index >= 15 is 0 Å². The highest BCUT2D eigenvalue weighted by atomic mass is 16.2. The zero-order valence-corrected chi connectivity index (χ0v) is 17.8. The van der Waals surface area contributed by atoms with Crippen molar-refractivity contribution in [2.75, 3.05) is 6.61 Å². The molecule has 3 N–H and O–H groups in total. The van der Waals surface area contributed by atoms with Crippen molar-refractivity contribution in [3.8, 4) is 0 Å². The molecule has 158 valence electrons. The number of primary amides is 1. The van der Waals surface area contributed by atoms with Crippen molar-refractivity contribution >= 4 is 18.1 Å². The van der Waals surface area contributed by atoms with E-state index in [-0.39, 0.29) is 5.91 Å². The zero-order valence-electron chi connectivity index (χ0n) is 17.8. The molecule has 1 aromatic heterocycles. The van der Waals surface area contributed by atoms with Gasteiger partial charge in [0.1, 0.15) is 0 Å². The number of carbonyl (C=O) groups is 1. The molecule has 1 heterocycles. The van der Waals surface area contributed by atoms with Gasteiger partial charge in [0.25, 0.3) is 0 Å². The zero-order chi connectivity index (χ0) is 20.6. The molecule has 2 unspecified atom stereocenters. The smallest absolute Gasteiger partial charge is 0.221 e. The van der Waals surface area contributed by atoms with Crippen molar-refractivity contribution in [3.05, 3.63) is 46.1 Å². The van der Waals surface area contributed by atoms with Crippen molar-refractivity contribution in [2.24, 2.45) is 17.6 Å². The van der Waals surface area contributed by atoms with Gasteiger partial charge >= 0.3 is 0 Å². The lowest BCUT2D eigenvalue weighted by Crippen LogP contribution is -2.36. The molecule has 1 amide bonds. The van der Waals surface area contributed by atoms with E-state index in [9.17, 15) is 4.79 Å². The number of hydrogen-bond acceptors (Lipinski definition) is 2. The van der Waals surface area contributed by atoms with Crippen LogP contribution in [0.4, 0.5) is 0 Å². The summed E-state index contributed by atoms with van der Waals surface area (Å²) in [6, 6.07) is 0. The minimum Gasteiger partial charge on any atom is -0.396 e. The third kappa shape index (κ3) is 5.96. The van der Waals surface area contributed by atoms with Gasteiger partial charge in [0.15, 0.2) is 0 Å². The Balaban J connectivity index is 1.71. The van der Waals surface area contributed by atoms with Gasteiger partial charge in [-0.25, -0.2) is 0 Å². The van der Waals surface area contributed by atoms with Crippen LogP contribution in [0.15, 0.2) is 30.0 Å². The fourth-order valence-corrected chi connectivity index (χ4v) is 4.67. The van der Waals surface area contributed by atoms with Gasteiger partial charge < -0.3 is 15.4 Å². The summed E-state index contributed by atoms with van der Waals surface area (Å²) < 4.78 is 2.33. The lowest BCUT2D eigenvalue weighted by Gasteiger charge is -2.25. The second kappa shape index (κ2) is 10.6. The number of unbranched alkanes of at least 4 members (excludes halogenated alkanes) is 5. The highest BCUT2D eigenvalue weighted by molar-refractivity contribution is 5.76. The summed E-state index contributed by atoms with van der Waals surface area (Å²) in [5, 5.41) is 11.4. The highest BCUT2D eigenvalue weighted by Gasteiger charge is 2.22. The maximum Gasteiger partial charge on any atom is 0.221 e. The normalized spacial score (nSPS) is 20.6. The number of nitrogens with two attached hydrogens (primary N) is 1. The fraction of sp³-hybridized carbons (Fsp3) is 0.560. The Morgan fingerprint density at radius 3 is 2.66 bits per heavy atom. The number of carbonyl (C=O) groups excluding carboxylic acids is 1. The quantitative estimate of drug-likeness (QED) is 0.565. The number of aromatic nitrogens is 1. The van der Waals surface area contributed by atoms with Crippen LogP contribution in [0, 0.1) is 11.8 Å². The Kier molecular flexibility index (Phi) is 7.93. The highest BCUT2D eigenvalue weighted by Crippen LogP contribution is 2.30. The minimum absolute atomic E-state index is 0.263. The van der Waals surface area contributed by atoms with Gasteiger partial charge in [-0.1, -0.05) is 61.6 Å². The number of fused-ring (bicyclic) bond motifs is 1. The van der Waals surface area contributed by atoms with E-state index in [4.69, 9.17) is 10.8 Å². The molecule has 0 aliphatic heterocycles. The Morgan fingerprint density at radius 2 is 1.93 bits per heavy atom. The molecule has 2 aliphatic rings. The van der Waals surface area contributed by atoms with Crippen LogP contribution >= 0.6 is 0 Å². The fourth-order valence-electron chi connectivity index (χ4n) is 4.67. The first kappa shape index (κ1) is 21.6. The van der Waals surface area contributed by atoms with Crippen molar-refractivity contribution in [1.82, 2.24) is 4.57 Å². The lowest BCUT2D eigenvalue weighted by molar-refractivity contribution is -0.117. The number of rotatable bonds is 11. The molecule has 3 rings (SSSR count). The molecule has 0 spiro atoms. The van der Waals surface area contributed by atoms with E-state index in [0.29, 0.717) is 24.9 Å². The minimum atomic E-state index is -0.263. The van der Waals surface area contributed by atoms with Gasteiger partial charge in [0.05, 0.1) is 6.42 Å². The Labute approximate surface area is 174 Å². The number of allylic oxidation sites excluding steroid dienone is 4. The molecular weight excluding hydrogens is 360 g/mol. The molecule has 29 heavy (non-hydrogen) atoms. The molecular formula is C25H36N2O2. The van der Waals surface area contributed by atoms with Crippen LogP contribution in [0.25, 0.3) is 12.2 Å².